The molecule has 0 saturated carbocycles. The highest BCUT2D eigenvalue weighted by atomic mass is 127. The van der Waals surface area contributed by atoms with Gasteiger partial charge in [0.1, 0.15) is 5.69 Å². The monoisotopic (exact) mass is 365 g/mol. The van der Waals surface area contributed by atoms with Gasteiger partial charge in [-0.2, -0.15) is 8.78 Å². The molecule has 18 heavy (non-hydrogen) atoms. The normalized spacial score (nSPS) is 11.7. The maximum atomic E-state index is 12.5. The van der Waals surface area contributed by atoms with Crippen LogP contribution in [0.1, 0.15) is 11.3 Å². The molecule has 0 unspecified atom stereocenters. The van der Waals surface area contributed by atoms with E-state index in [-0.39, 0.29) is 6.61 Å². The number of aromatic nitrogens is 3. The van der Waals surface area contributed by atoms with Gasteiger partial charge in [0.2, 0.25) is 0 Å². The number of ether oxygens (including phenoxy) is 1. The van der Waals surface area contributed by atoms with E-state index >= 15 is 0 Å². The van der Waals surface area contributed by atoms with Crippen LogP contribution < -0.4 is 0 Å². The first-order valence-corrected chi connectivity index (χ1v) is 6.24. The van der Waals surface area contributed by atoms with Gasteiger partial charge in [0.05, 0.1) is 19.3 Å². The second kappa shape index (κ2) is 5.70. The number of hydrogen-bond donors (Lipinski definition) is 0. The second-order valence-electron chi connectivity index (χ2n) is 3.63. The average molecular weight is 365 g/mol. The summed E-state index contributed by atoms with van der Waals surface area (Å²) in [7, 11) is 0. The highest BCUT2D eigenvalue weighted by Gasteiger charge is 2.24. The van der Waals surface area contributed by atoms with Gasteiger partial charge < -0.3 is 4.74 Å². The average Bonchev–Trinajstić information content (AvgIpc) is 2.75. The molecule has 0 atom stereocenters. The van der Waals surface area contributed by atoms with Crippen molar-refractivity contribution in [3.8, 4) is 0 Å². The van der Waals surface area contributed by atoms with E-state index in [9.17, 15) is 8.78 Å². The van der Waals surface area contributed by atoms with E-state index in [1.807, 2.05) is 30.3 Å². The lowest BCUT2D eigenvalue weighted by molar-refractivity contribution is -0.154. The molecule has 0 aliphatic carbocycles. The Balaban J connectivity index is 1.94. The van der Waals surface area contributed by atoms with E-state index in [0.717, 1.165) is 28.2 Å². The maximum absolute atomic E-state index is 12.5. The zero-order valence-corrected chi connectivity index (χ0v) is 11.4. The zero-order valence-electron chi connectivity index (χ0n) is 9.26. The summed E-state index contributed by atoms with van der Waals surface area (Å²) in [4.78, 5) is 0. The predicted octanol–water partition coefficient (Wildman–Crippen LogP) is 2.83. The van der Waals surface area contributed by atoms with Gasteiger partial charge in [0.25, 0.3) is 0 Å². The minimum atomic E-state index is -3.18. The van der Waals surface area contributed by atoms with Crippen molar-refractivity contribution in [2.75, 3.05) is 0 Å². The fraction of sp³-hybridized carbons (Fsp3) is 0.273. The second-order valence-corrected chi connectivity index (χ2v) is 4.88. The molecular weight excluding hydrogens is 355 g/mol. The van der Waals surface area contributed by atoms with Crippen molar-refractivity contribution in [2.24, 2.45) is 0 Å². The van der Waals surface area contributed by atoms with Gasteiger partial charge in [-0.15, -0.1) is 5.10 Å². The standard InChI is InChI=1S/C11H10F2IN3O/c12-11(13,14)18-8-10-7-17(16-15-10)6-9-4-2-1-3-5-9/h1-5,7H,6,8H2. The Morgan fingerprint density at radius 3 is 2.67 bits per heavy atom. The number of nitrogens with zero attached hydrogens (tertiary/aromatic N) is 3. The molecule has 0 aliphatic heterocycles. The molecule has 0 bridgehead atoms. The van der Waals surface area contributed by atoms with Crippen molar-refractivity contribution in [1.29, 1.82) is 0 Å². The maximum Gasteiger partial charge on any atom is 0.408 e. The number of rotatable bonds is 5. The Kier molecular flexibility index (Phi) is 4.23. The van der Waals surface area contributed by atoms with E-state index in [0.29, 0.717) is 12.2 Å². The molecule has 1 aromatic carbocycles. The largest absolute Gasteiger partial charge is 0.408 e. The van der Waals surface area contributed by atoms with E-state index in [2.05, 4.69) is 15.0 Å². The Morgan fingerprint density at radius 2 is 2.00 bits per heavy atom. The lowest BCUT2D eigenvalue weighted by Crippen LogP contribution is -2.10. The summed E-state index contributed by atoms with van der Waals surface area (Å²) in [5, 5.41) is 7.62. The molecule has 0 radical (unpaired) electrons. The zero-order chi connectivity index (χ0) is 13.0. The summed E-state index contributed by atoms with van der Waals surface area (Å²) < 4.78 is 27.7. The first kappa shape index (κ1) is 13.3. The van der Waals surface area contributed by atoms with Crippen LogP contribution in [0, 0.1) is 0 Å². The first-order valence-electron chi connectivity index (χ1n) is 5.16. The van der Waals surface area contributed by atoms with Gasteiger partial charge in [-0.25, -0.2) is 4.68 Å². The van der Waals surface area contributed by atoms with E-state index in [1.165, 1.54) is 0 Å². The highest BCUT2D eigenvalue weighted by molar-refractivity contribution is 14.1. The van der Waals surface area contributed by atoms with Crippen LogP contribution >= 0.6 is 22.6 Å². The van der Waals surface area contributed by atoms with Gasteiger partial charge in [-0.3, -0.25) is 0 Å². The summed E-state index contributed by atoms with van der Waals surface area (Å²) >= 11 is 0.918. The Bertz CT molecular complexity index is 498. The molecule has 0 spiro atoms. The molecule has 0 fully saturated rings. The van der Waals surface area contributed by atoms with Crippen molar-refractivity contribution >= 4 is 22.6 Å². The van der Waals surface area contributed by atoms with Crippen molar-refractivity contribution < 1.29 is 13.5 Å². The summed E-state index contributed by atoms with van der Waals surface area (Å²) in [6.45, 7) is 0.291. The predicted molar refractivity (Wildman–Crippen MR) is 69.3 cm³/mol. The van der Waals surface area contributed by atoms with Crippen LogP contribution in [0.2, 0.25) is 0 Å². The van der Waals surface area contributed by atoms with Crippen molar-refractivity contribution in [1.82, 2.24) is 15.0 Å². The molecule has 2 aromatic rings. The van der Waals surface area contributed by atoms with Crippen LogP contribution in [-0.4, -0.2) is 19.1 Å². The molecule has 0 amide bonds. The fourth-order valence-corrected chi connectivity index (χ4v) is 1.56. The van der Waals surface area contributed by atoms with Gasteiger partial charge in [-0.05, 0) is 5.56 Å². The molecule has 1 aromatic heterocycles. The number of halogens is 3. The van der Waals surface area contributed by atoms with Crippen LogP contribution in [0.5, 0.6) is 0 Å². The molecular formula is C11H10F2IN3O. The summed E-state index contributed by atoms with van der Waals surface area (Å²) in [6, 6.07) is 9.68. The molecule has 0 N–H and O–H groups in total. The van der Waals surface area contributed by atoms with Gasteiger partial charge in [0.15, 0.2) is 0 Å². The van der Waals surface area contributed by atoms with Gasteiger partial charge >= 0.3 is 4.12 Å². The van der Waals surface area contributed by atoms with Crippen molar-refractivity contribution in [3.63, 3.8) is 0 Å². The first-order chi connectivity index (χ1) is 8.53. The Hall–Kier alpha value is -1.09. The third-order valence-electron chi connectivity index (χ3n) is 2.16. The number of hydrogen-bond acceptors (Lipinski definition) is 3. The summed E-state index contributed by atoms with van der Waals surface area (Å²) in [5.74, 6) is 0. The number of alkyl halides is 3. The lowest BCUT2D eigenvalue weighted by atomic mass is 10.2. The van der Waals surface area contributed by atoms with Crippen molar-refractivity contribution in [3.05, 3.63) is 47.8 Å². The van der Waals surface area contributed by atoms with Gasteiger partial charge in [0, 0.05) is 22.6 Å². The molecule has 2 rings (SSSR count). The molecule has 4 nitrogen and oxygen atoms in total. The summed E-state index contributed by atoms with van der Waals surface area (Å²) in [6.07, 6.45) is 1.59. The van der Waals surface area contributed by atoms with Crippen LogP contribution in [0.25, 0.3) is 0 Å². The SMILES string of the molecule is FC(F)(I)OCc1cn(Cc2ccccc2)nn1. The van der Waals surface area contributed by atoms with Crippen LogP contribution in [0.4, 0.5) is 8.78 Å². The lowest BCUT2D eigenvalue weighted by Gasteiger charge is -2.06. The quantitative estimate of drug-likeness (QED) is 0.605. The van der Waals surface area contributed by atoms with Crippen LogP contribution in [0.3, 0.4) is 0 Å². The molecule has 96 valence electrons. The Morgan fingerprint density at radius 1 is 1.28 bits per heavy atom. The Labute approximate surface area is 116 Å². The molecule has 0 aliphatic rings. The third-order valence-corrected chi connectivity index (χ3v) is 2.47. The van der Waals surface area contributed by atoms with E-state index < -0.39 is 4.12 Å². The molecule has 7 heteroatoms. The topological polar surface area (TPSA) is 39.9 Å². The third kappa shape index (κ3) is 4.30. The van der Waals surface area contributed by atoms with E-state index in [1.54, 1.807) is 10.9 Å². The highest BCUT2D eigenvalue weighted by Crippen LogP contribution is 2.24. The fourth-order valence-electron chi connectivity index (χ4n) is 1.41. The van der Waals surface area contributed by atoms with Crippen molar-refractivity contribution in [2.45, 2.75) is 17.3 Å². The minimum Gasteiger partial charge on any atom is -0.306 e. The smallest absolute Gasteiger partial charge is 0.306 e. The molecule has 1 heterocycles. The molecule has 0 saturated heterocycles. The number of benzene rings is 1. The van der Waals surface area contributed by atoms with Crippen LogP contribution in [0.15, 0.2) is 36.5 Å². The van der Waals surface area contributed by atoms with E-state index in [4.69, 9.17) is 0 Å². The van der Waals surface area contributed by atoms with Gasteiger partial charge in [-0.1, -0.05) is 35.5 Å². The summed E-state index contributed by atoms with van der Waals surface area (Å²) in [5.41, 5.74) is 1.44. The van der Waals surface area contributed by atoms with Crippen LogP contribution in [-0.2, 0) is 17.9 Å². The minimum absolute atomic E-state index is 0.259.